The van der Waals surface area contributed by atoms with E-state index in [4.69, 9.17) is 15.9 Å². The number of rotatable bonds is 5. The first-order valence-corrected chi connectivity index (χ1v) is 5.71. The molecule has 0 aromatic carbocycles. The highest BCUT2D eigenvalue weighted by atomic mass is 16.4. The molecular formula is C10H17N3O6. The lowest BCUT2D eigenvalue weighted by molar-refractivity contribution is -0.141. The van der Waals surface area contributed by atoms with E-state index in [2.05, 4.69) is 5.32 Å². The van der Waals surface area contributed by atoms with E-state index >= 15 is 0 Å². The van der Waals surface area contributed by atoms with Crippen molar-refractivity contribution in [1.82, 2.24) is 10.2 Å². The van der Waals surface area contributed by atoms with Gasteiger partial charge in [-0.2, -0.15) is 0 Å². The third kappa shape index (κ3) is 3.88. The summed E-state index contributed by atoms with van der Waals surface area (Å²) in [5.41, 5.74) is 5.38. The molecule has 0 radical (unpaired) electrons. The van der Waals surface area contributed by atoms with Crippen LogP contribution in [0.25, 0.3) is 0 Å². The summed E-state index contributed by atoms with van der Waals surface area (Å²) in [5.74, 6) is -2.54. The monoisotopic (exact) mass is 275 g/mol. The SMILES string of the molecule is N[C@@H](CO)C(=O)N1C[C@H](O)C[C@H]1C(=O)NCC(=O)O. The molecular weight excluding hydrogens is 258 g/mol. The molecule has 2 amide bonds. The van der Waals surface area contributed by atoms with Gasteiger partial charge in [-0.05, 0) is 0 Å². The van der Waals surface area contributed by atoms with Crippen LogP contribution in [0.3, 0.4) is 0 Å². The molecule has 1 aliphatic rings. The number of aliphatic hydroxyl groups is 2. The van der Waals surface area contributed by atoms with Crippen LogP contribution >= 0.6 is 0 Å². The summed E-state index contributed by atoms with van der Waals surface area (Å²) >= 11 is 0. The molecule has 0 spiro atoms. The lowest BCUT2D eigenvalue weighted by atomic mass is 10.1. The zero-order valence-electron chi connectivity index (χ0n) is 10.2. The van der Waals surface area contributed by atoms with E-state index in [9.17, 15) is 19.5 Å². The molecule has 0 aliphatic carbocycles. The third-order valence-corrected chi connectivity index (χ3v) is 2.79. The fraction of sp³-hybridized carbons (Fsp3) is 0.700. The van der Waals surface area contributed by atoms with Crippen molar-refractivity contribution in [1.29, 1.82) is 0 Å². The zero-order valence-corrected chi connectivity index (χ0v) is 10.2. The number of nitrogens with two attached hydrogens (primary N) is 1. The minimum absolute atomic E-state index is 0.00927. The van der Waals surface area contributed by atoms with Crippen LogP contribution in [0.1, 0.15) is 6.42 Å². The van der Waals surface area contributed by atoms with E-state index in [-0.39, 0.29) is 13.0 Å². The van der Waals surface area contributed by atoms with Crippen LogP contribution < -0.4 is 11.1 Å². The highest BCUT2D eigenvalue weighted by molar-refractivity contribution is 5.91. The second-order valence-corrected chi connectivity index (χ2v) is 4.30. The maximum atomic E-state index is 11.8. The van der Waals surface area contributed by atoms with Gasteiger partial charge in [-0.25, -0.2) is 0 Å². The molecule has 1 rings (SSSR count). The van der Waals surface area contributed by atoms with Crippen LogP contribution in [-0.4, -0.2) is 75.9 Å². The van der Waals surface area contributed by atoms with Gasteiger partial charge in [0.1, 0.15) is 18.6 Å². The van der Waals surface area contributed by atoms with Crippen LogP contribution in [0, 0.1) is 0 Å². The molecule has 0 aromatic rings. The predicted molar refractivity (Wildman–Crippen MR) is 61.8 cm³/mol. The number of nitrogens with zero attached hydrogens (tertiary/aromatic N) is 1. The van der Waals surface area contributed by atoms with Crippen LogP contribution in [0.2, 0.25) is 0 Å². The van der Waals surface area contributed by atoms with Crippen LogP contribution in [-0.2, 0) is 14.4 Å². The first kappa shape index (κ1) is 15.3. The van der Waals surface area contributed by atoms with E-state index in [0.29, 0.717) is 0 Å². The summed E-state index contributed by atoms with van der Waals surface area (Å²) in [6.45, 7) is -1.22. The predicted octanol–water partition coefficient (Wildman–Crippen LogP) is -3.53. The summed E-state index contributed by atoms with van der Waals surface area (Å²) in [7, 11) is 0. The Bertz CT molecular complexity index is 374. The smallest absolute Gasteiger partial charge is 0.322 e. The number of likely N-dealkylation sites (tertiary alicyclic amines) is 1. The summed E-state index contributed by atoms with van der Waals surface area (Å²) in [6.07, 6.45) is -0.870. The van der Waals surface area contributed by atoms with Gasteiger partial charge >= 0.3 is 5.97 Å². The zero-order chi connectivity index (χ0) is 14.6. The first-order chi connectivity index (χ1) is 8.86. The third-order valence-electron chi connectivity index (χ3n) is 2.79. The second kappa shape index (κ2) is 6.45. The van der Waals surface area contributed by atoms with Gasteiger partial charge in [0.25, 0.3) is 0 Å². The molecule has 19 heavy (non-hydrogen) atoms. The Balaban J connectivity index is 2.71. The Morgan fingerprint density at radius 1 is 1.42 bits per heavy atom. The van der Waals surface area contributed by atoms with Gasteiger partial charge in [0.2, 0.25) is 11.8 Å². The summed E-state index contributed by atoms with van der Waals surface area (Å²) in [4.78, 5) is 35.0. The van der Waals surface area contributed by atoms with Gasteiger partial charge in [0.15, 0.2) is 0 Å². The topological polar surface area (TPSA) is 153 Å². The quantitative estimate of drug-likeness (QED) is 0.348. The minimum atomic E-state index is -1.21. The number of carbonyl (C=O) groups is 3. The van der Waals surface area contributed by atoms with Gasteiger partial charge < -0.3 is 31.3 Å². The average molecular weight is 275 g/mol. The molecule has 1 aliphatic heterocycles. The summed E-state index contributed by atoms with van der Waals surface area (Å²) in [5, 5.41) is 28.9. The number of carbonyl (C=O) groups excluding carboxylic acids is 2. The Labute approximate surface area is 109 Å². The van der Waals surface area contributed by atoms with Crippen LogP contribution in [0.4, 0.5) is 0 Å². The number of β-amino-alcohol motifs (C(OH)–C–C–N with tert-alkyl or cyclic N) is 1. The molecule has 9 heteroatoms. The fourth-order valence-electron chi connectivity index (χ4n) is 1.88. The molecule has 108 valence electrons. The molecule has 9 nitrogen and oxygen atoms in total. The minimum Gasteiger partial charge on any atom is -0.480 e. The van der Waals surface area contributed by atoms with Gasteiger partial charge in [0.05, 0.1) is 12.7 Å². The van der Waals surface area contributed by atoms with Crippen molar-refractivity contribution in [3.63, 3.8) is 0 Å². The van der Waals surface area contributed by atoms with Crippen molar-refractivity contribution in [3.05, 3.63) is 0 Å². The lowest BCUT2D eigenvalue weighted by Gasteiger charge is -2.25. The van der Waals surface area contributed by atoms with Gasteiger partial charge in [-0.3, -0.25) is 14.4 Å². The number of carboxylic acids is 1. The van der Waals surface area contributed by atoms with E-state index in [1.54, 1.807) is 0 Å². The molecule has 1 fully saturated rings. The largest absolute Gasteiger partial charge is 0.480 e. The number of hydrogen-bond donors (Lipinski definition) is 5. The average Bonchev–Trinajstić information content (AvgIpc) is 2.76. The molecule has 0 bridgehead atoms. The number of amides is 2. The van der Waals surface area contributed by atoms with Crippen molar-refractivity contribution in [2.45, 2.75) is 24.6 Å². The van der Waals surface area contributed by atoms with E-state index in [1.165, 1.54) is 0 Å². The van der Waals surface area contributed by atoms with Crippen LogP contribution in [0.15, 0.2) is 0 Å². The number of hydrogen-bond acceptors (Lipinski definition) is 6. The van der Waals surface area contributed by atoms with Gasteiger partial charge in [0, 0.05) is 13.0 Å². The molecule has 3 atom stereocenters. The Morgan fingerprint density at radius 2 is 2.05 bits per heavy atom. The Morgan fingerprint density at radius 3 is 2.58 bits per heavy atom. The Kier molecular flexibility index (Phi) is 5.21. The molecule has 1 heterocycles. The molecule has 1 saturated heterocycles. The number of aliphatic hydroxyl groups excluding tert-OH is 2. The molecule has 0 saturated carbocycles. The number of carboxylic acid groups (broad SMARTS) is 1. The molecule has 6 N–H and O–H groups in total. The number of aliphatic carboxylic acids is 1. The second-order valence-electron chi connectivity index (χ2n) is 4.30. The first-order valence-electron chi connectivity index (χ1n) is 5.71. The summed E-state index contributed by atoms with van der Waals surface area (Å²) < 4.78 is 0. The molecule has 0 unspecified atom stereocenters. The van der Waals surface area contributed by atoms with Crippen molar-refractivity contribution >= 4 is 17.8 Å². The van der Waals surface area contributed by atoms with E-state index in [0.717, 1.165) is 4.90 Å². The maximum Gasteiger partial charge on any atom is 0.322 e. The lowest BCUT2D eigenvalue weighted by Crippen LogP contribution is -2.52. The summed E-state index contributed by atoms with van der Waals surface area (Å²) in [6, 6.07) is -2.14. The Hall–Kier alpha value is -1.71. The molecule has 0 aromatic heterocycles. The standard InChI is InChI=1S/C10H17N3O6/c11-6(4-14)10(19)13-3-5(15)1-7(13)9(18)12-2-8(16)17/h5-7,14-15H,1-4,11H2,(H,12,18)(H,16,17)/t5-,6+,7+/m1/s1. The maximum absolute atomic E-state index is 11.8. The van der Waals surface area contributed by atoms with E-state index in [1.807, 2.05) is 0 Å². The number of nitrogens with one attached hydrogen (secondary N) is 1. The van der Waals surface area contributed by atoms with Crippen molar-refractivity contribution in [3.8, 4) is 0 Å². The normalized spacial score (nSPS) is 24.1. The van der Waals surface area contributed by atoms with Gasteiger partial charge in [-0.1, -0.05) is 0 Å². The van der Waals surface area contributed by atoms with E-state index < -0.39 is 49.1 Å². The highest BCUT2D eigenvalue weighted by Gasteiger charge is 2.40. The van der Waals surface area contributed by atoms with Crippen molar-refractivity contribution in [2.24, 2.45) is 5.73 Å². The fourth-order valence-corrected chi connectivity index (χ4v) is 1.88. The van der Waals surface area contributed by atoms with Crippen molar-refractivity contribution < 1.29 is 29.7 Å². The van der Waals surface area contributed by atoms with Crippen molar-refractivity contribution in [2.75, 3.05) is 19.7 Å². The van der Waals surface area contributed by atoms with Crippen LogP contribution in [0.5, 0.6) is 0 Å². The van der Waals surface area contributed by atoms with Gasteiger partial charge in [-0.15, -0.1) is 0 Å². The highest BCUT2D eigenvalue weighted by Crippen LogP contribution is 2.18.